The highest BCUT2D eigenvalue weighted by Gasteiger charge is 2.18. The number of benzene rings is 1. The van der Waals surface area contributed by atoms with Gasteiger partial charge in [0.1, 0.15) is 11.6 Å². The number of hydrogen-bond donors (Lipinski definition) is 1. The highest BCUT2D eigenvalue weighted by atomic mass is 79.9. The standard InChI is InChI=1S/C23H26BrN3O2/c1-14-8-20(9-15(2)22(14)24)27-16(3)10-18(17(27)4)11-19(12-25)23(28)26-13-21-6-5-7-29-21/h8-11,21H,5-7,13H2,1-4H3,(H,26,28)/b19-11+/t21-/m1/s1. The lowest BCUT2D eigenvalue weighted by atomic mass is 10.1. The Morgan fingerprint density at radius 2 is 2.00 bits per heavy atom. The second-order valence-corrected chi connectivity index (χ2v) is 8.36. The summed E-state index contributed by atoms with van der Waals surface area (Å²) in [7, 11) is 0. The van der Waals surface area contributed by atoms with Crippen LogP contribution < -0.4 is 5.32 Å². The lowest BCUT2D eigenvalue weighted by Gasteiger charge is -2.13. The maximum atomic E-state index is 12.5. The fourth-order valence-electron chi connectivity index (χ4n) is 3.79. The molecule has 2 heterocycles. The SMILES string of the molecule is Cc1cc(-n2c(C)cc(/C=C(\C#N)C(=O)NC[C@H]3CCCO3)c2C)cc(C)c1Br. The van der Waals surface area contributed by atoms with Crippen LogP contribution in [0.5, 0.6) is 0 Å². The molecule has 1 aliphatic rings. The third-order valence-electron chi connectivity index (χ3n) is 5.33. The summed E-state index contributed by atoms with van der Waals surface area (Å²) in [4.78, 5) is 12.5. The van der Waals surface area contributed by atoms with Gasteiger partial charge in [-0.3, -0.25) is 4.79 Å². The van der Waals surface area contributed by atoms with E-state index in [1.807, 2.05) is 26.0 Å². The number of nitrogens with zero attached hydrogens (tertiary/aromatic N) is 2. The van der Waals surface area contributed by atoms with Crippen molar-refractivity contribution in [3.8, 4) is 11.8 Å². The number of aromatic nitrogens is 1. The Hall–Kier alpha value is -2.36. The first-order valence-corrected chi connectivity index (χ1v) is 10.6. The molecule has 1 aliphatic heterocycles. The molecule has 1 fully saturated rings. The Labute approximate surface area is 180 Å². The van der Waals surface area contributed by atoms with Crippen molar-refractivity contribution >= 4 is 27.9 Å². The van der Waals surface area contributed by atoms with Crippen LogP contribution >= 0.6 is 15.9 Å². The monoisotopic (exact) mass is 455 g/mol. The van der Waals surface area contributed by atoms with E-state index in [0.29, 0.717) is 6.54 Å². The fraction of sp³-hybridized carbons (Fsp3) is 0.391. The van der Waals surface area contributed by atoms with Crippen molar-refractivity contribution in [2.24, 2.45) is 0 Å². The Balaban J connectivity index is 1.88. The first kappa shape index (κ1) is 21.4. The van der Waals surface area contributed by atoms with Gasteiger partial charge in [-0.1, -0.05) is 15.9 Å². The molecule has 6 heteroatoms. The summed E-state index contributed by atoms with van der Waals surface area (Å²) in [5.74, 6) is -0.358. The minimum atomic E-state index is -0.358. The summed E-state index contributed by atoms with van der Waals surface area (Å²) in [6, 6.07) is 8.30. The van der Waals surface area contributed by atoms with E-state index in [1.54, 1.807) is 6.08 Å². The molecule has 1 aromatic carbocycles. The van der Waals surface area contributed by atoms with Crippen LogP contribution in [-0.4, -0.2) is 29.7 Å². The van der Waals surface area contributed by atoms with E-state index in [0.717, 1.165) is 57.7 Å². The molecule has 1 atom stereocenters. The first-order chi connectivity index (χ1) is 13.8. The molecule has 1 saturated heterocycles. The van der Waals surface area contributed by atoms with Crippen molar-refractivity contribution in [2.45, 2.75) is 46.6 Å². The van der Waals surface area contributed by atoms with Crippen LogP contribution in [0.1, 0.15) is 40.9 Å². The Morgan fingerprint density at radius 1 is 1.31 bits per heavy atom. The van der Waals surface area contributed by atoms with Gasteiger partial charge in [0.25, 0.3) is 5.91 Å². The summed E-state index contributed by atoms with van der Waals surface area (Å²) in [5.41, 5.74) is 6.40. The molecule has 1 amide bonds. The van der Waals surface area contributed by atoms with Gasteiger partial charge in [-0.2, -0.15) is 5.26 Å². The summed E-state index contributed by atoms with van der Waals surface area (Å²) in [6.45, 7) is 9.35. The van der Waals surface area contributed by atoms with Gasteiger partial charge in [0.05, 0.1) is 6.10 Å². The van der Waals surface area contributed by atoms with Crippen molar-refractivity contribution in [3.63, 3.8) is 0 Å². The largest absolute Gasteiger partial charge is 0.376 e. The summed E-state index contributed by atoms with van der Waals surface area (Å²) >= 11 is 3.62. The van der Waals surface area contributed by atoms with Crippen LogP contribution in [0.15, 0.2) is 28.2 Å². The molecule has 152 valence electrons. The highest BCUT2D eigenvalue weighted by molar-refractivity contribution is 9.10. The number of hydrogen-bond acceptors (Lipinski definition) is 3. The number of amides is 1. The molecule has 5 nitrogen and oxygen atoms in total. The fourth-order valence-corrected chi connectivity index (χ4v) is 4.02. The van der Waals surface area contributed by atoms with E-state index in [4.69, 9.17) is 4.74 Å². The van der Waals surface area contributed by atoms with E-state index in [9.17, 15) is 10.1 Å². The number of ether oxygens (including phenoxy) is 1. The van der Waals surface area contributed by atoms with Crippen molar-refractivity contribution in [1.29, 1.82) is 5.26 Å². The molecule has 0 bridgehead atoms. The van der Waals surface area contributed by atoms with Crippen LogP contribution in [0.2, 0.25) is 0 Å². The number of carbonyl (C=O) groups excluding carboxylic acids is 1. The smallest absolute Gasteiger partial charge is 0.262 e. The van der Waals surface area contributed by atoms with Gasteiger partial charge in [-0.25, -0.2) is 0 Å². The third-order valence-corrected chi connectivity index (χ3v) is 6.58. The molecule has 0 spiro atoms. The molecule has 1 aromatic heterocycles. The lowest BCUT2D eigenvalue weighted by molar-refractivity contribution is -0.117. The van der Waals surface area contributed by atoms with Crippen molar-refractivity contribution in [2.75, 3.05) is 13.2 Å². The number of aryl methyl sites for hydroxylation is 3. The quantitative estimate of drug-likeness (QED) is 0.525. The average molecular weight is 456 g/mol. The summed E-state index contributed by atoms with van der Waals surface area (Å²) < 4.78 is 8.79. The van der Waals surface area contributed by atoms with Gasteiger partial charge in [0.15, 0.2) is 0 Å². The predicted octanol–water partition coefficient (Wildman–Crippen LogP) is 4.68. The van der Waals surface area contributed by atoms with Crippen LogP contribution in [-0.2, 0) is 9.53 Å². The molecule has 29 heavy (non-hydrogen) atoms. The predicted molar refractivity (Wildman–Crippen MR) is 118 cm³/mol. The number of nitriles is 1. The Morgan fingerprint density at radius 3 is 2.59 bits per heavy atom. The molecule has 2 aromatic rings. The number of halogens is 1. The van der Waals surface area contributed by atoms with Crippen LogP contribution in [0, 0.1) is 39.0 Å². The van der Waals surface area contributed by atoms with Crippen LogP contribution in [0.4, 0.5) is 0 Å². The zero-order valence-corrected chi connectivity index (χ0v) is 18.9. The van der Waals surface area contributed by atoms with E-state index in [2.05, 4.69) is 51.8 Å². The average Bonchev–Trinajstić information content (AvgIpc) is 3.29. The second kappa shape index (κ2) is 8.98. The molecule has 1 N–H and O–H groups in total. The second-order valence-electron chi connectivity index (χ2n) is 7.57. The third kappa shape index (κ3) is 4.63. The summed E-state index contributed by atoms with van der Waals surface area (Å²) in [6.07, 6.45) is 3.68. The van der Waals surface area contributed by atoms with Gasteiger partial charge in [-0.05, 0) is 81.5 Å². The molecular formula is C23H26BrN3O2. The van der Waals surface area contributed by atoms with Gasteiger partial charge in [-0.15, -0.1) is 0 Å². The molecule has 0 saturated carbocycles. The zero-order valence-electron chi connectivity index (χ0n) is 17.3. The zero-order chi connectivity index (χ0) is 21.1. The van der Waals surface area contributed by atoms with Gasteiger partial charge < -0.3 is 14.6 Å². The topological polar surface area (TPSA) is 67.0 Å². The van der Waals surface area contributed by atoms with Crippen molar-refractivity contribution in [1.82, 2.24) is 9.88 Å². The molecular weight excluding hydrogens is 430 g/mol. The van der Waals surface area contributed by atoms with Crippen molar-refractivity contribution in [3.05, 3.63) is 56.3 Å². The van der Waals surface area contributed by atoms with Gasteiger partial charge in [0, 0.05) is 34.7 Å². The van der Waals surface area contributed by atoms with E-state index in [-0.39, 0.29) is 17.6 Å². The van der Waals surface area contributed by atoms with Gasteiger partial charge >= 0.3 is 0 Å². The molecule has 0 aliphatic carbocycles. The van der Waals surface area contributed by atoms with E-state index in [1.165, 1.54) is 0 Å². The maximum absolute atomic E-state index is 12.5. The Kier molecular flexibility index (Phi) is 6.61. The normalized spacial score (nSPS) is 16.7. The summed E-state index contributed by atoms with van der Waals surface area (Å²) in [5, 5.41) is 12.3. The van der Waals surface area contributed by atoms with Crippen LogP contribution in [0.3, 0.4) is 0 Å². The van der Waals surface area contributed by atoms with Crippen molar-refractivity contribution < 1.29 is 9.53 Å². The van der Waals surface area contributed by atoms with Crippen LogP contribution in [0.25, 0.3) is 11.8 Å². The minimum Gasteiger partial charge on any atom is -0.376 e. The first-order valence-electron chi connectivity index (χ1n) is 9.79. The number of carbonyl (C=O) groups is 1. The van der Waals surface area contributed by atoms with Gasteiger partial charge in [0.2, 0.25) is 0 Å². The lowest BCUT2D eigenvalue weighted by Crippen LogP contribution is -2.32. The molecule has 0 radical (unpaired) electrons. The van der Waals surface area contributed by atoms with E-state index >= 15 is 0 Å². The minimum absolute atomic E-state index is 0.0489. The van der Waals surface area contributed by atoms with E-state index < -0.39 is 0 Å². The number of rotatable bonds is 5. The highest BCUT2D eigenvalue weighted by Crippen LogP contribution is 2.28. The Bertz CT molecular complexity index is 985. The molecule has 0 unspecified atom stereocenters. The maximum Gasteiger partial charge on any atom is 0.262 e. The molecule has 3 rings (SSSR count). The number of nitrogens with one attached hydrogen (secondary N) is 1.